The second-order valence-electron chi connectivity index (χ2n) is 3.76. The van der Waals surface area contributed by atoms with Gasteiger partial charge in [-0.25, -0.2) is 4.68 Å². The summed E-state index contributed by atoms with van der Waals surface area (Å²) in [6.07, 6.45) is 1.35. The lowest BCUT2D eigenvalue weighted by molar-refractivity contribution is 0.0941. The van der Waals surface area contributed by atoms with Crippen LogP contribution in [0.5, 0.6) is 5.88 Å². The van der Waals surface area contributed by atoms with Crippen molar-refractivity contribution in [1.82, 2.24) is 20.3 Å². The van der Waals surface area contributed by atoms with E-state index < -0.39 is 0 Å². The third-order valence-electron chi connectivity index (χ3n) is 2.58. The maximum absolute atomic E-state index is 11.7. The van der Waals surface area contributed by atoms with Gasteiger partial charge < -0.3 is 14.6 Å². The third-order valence-corrected chi connectivity index (χ3v) is 2.58. The van der Waals surface area contributed by atoms with E-state index in [-0.39, 0.29) is 11.6 Å². The van der Waals surface area contributed by atoms with E-state index in [9.17, 15) is 4.79 Å². The van der Waals surface area contributed by atoms with Crippen LogP contribution in [0.1, 0.15) is 21.7 Å². The zero-order valence-electron chi connectivity index (χ0n) is 10.4. The van der Waals surface area contributed by atoms with Gasteiger partial charge in [0.1, 0.15) is 6.26 Å². The predicted molar refractivity (Wildman–Crippen MR) is 62.2 cm³/mol. The lowest BCUT2D eigenvalue weighted by Gasteiger charge is -2.05. The first-order valence-electron chi connectivity index (χ1n) is 5.38. The minimum absolute atomic E-state index is 0.246. The Kier molecular flexibility index (Phi) is 3.31. The van der Waals surface area contributed by atoms with Crippen LogP contribution in [0.4, 0.5) is 0 Å². The number of nitrogens with zero attached hydrogens (tertiary/aromatic N) is 3. The van der Waals surface area contributed by atoms with Gasteiger partial charge in [0.2, 0.25) is 5.88 Å². The SMILES string of the molecule is COc1c(CNC(=O)c2ccon2)c(C)nn1C. The largest absolute Gasteiger partial charge is 0.481 e. The molecule has 1 N–H and O–H groups in total. The first-order valence-corrected chi connectivity index (χ1v) is 5.38. The van der Waals surface area contributed by atoms with Gasteiger partial charge in [0.25, 0.3) is 5.91 Å². The molecule has 7 nitrogen and oxygen atoms in total. The Morgan fingerprint density at radius 2 is 2.39 bits per heavy atom. The molecular formula is C11H14N4O3. The summed E-state index contributed by atoms with van der Waals surface area (Å²) in [5, 5.41) is 10.5. The molecule has 2 aromatic heterocycles. The molecule has 1 amide bonds. The third kappa shape index (κ3) is 2.20. The number of carbonyl (C=O) groups is 1. The van der Waals surface area contributed by atoms with Gasteiger partial charge in [-0.05, 0) is 6.92 Å². The lowest BCUT2D eigenvalue weighted by atomic mass is 10.2. The number of ether oxygens (including phenoxy) is 1. The Balaban J connectivity index is 2.09. The second-order valence-corrected chi connectivity index (χ2v) is 3.76. The zero-order valence-corrected chi connectivity index (χ0v) is 10.4. The van der Waals surface area contributed by atoms with E-state index in [0.717, 1.165) is 11.3 Å². The van der Waals surface area contributed by atoms with E-state index in [0.29, 0.717) is 12.4 Å². The first-order chi connectivity index (χ1) is 8.63. The second kappa shape index (κ2) is 4.91. The van der Waals surface area contributed by atoms with Gasteiger partial charge in [0.05, 0.1) is 24.9 Å². The van der Waals surface area contributed by atoms with Crippen LogP contribution in [-0.4, -0.2) is 28.0 Å². The van der Waals surface area contributed by atoms with Crippen LogP contribution < -0.4 is 10.1 Å². The molecule has 7 heteroatoms. The molecule has 0 aliphatic rings. The van der Waals surface area contributed by atoms with Crippen LogP contribution in [0.15, 0.2) is 16.9 Å². The summed E-state index contributed by atoms with van der Waals surface area (Å²) in [6, 6.07) is 1.50. The van der Waals surface area contributed by atoms with Gasteiger partial charge in [0.15, 0.2) is 5.69 Å². The average Bonchev–Trinajstić information content (AvgIpc) is 2.94. The molecule has 0 saturated heterocycles. The minimum Gasteiger partial charge on any atom is -0.481 e. The molecule has 0 spiro atoms. The lowest BCUT2D eigenvalue weighted by Crippen LogP contribution is -2.23. The van der Waals surface area contributed by atoms with Crippen LogP contribution >= 0.6 is 0 Å². The van der Waals surface area contributed by atoms with Gasteiger partial charge >= 0.3 is 0 Å². The van der Waals surface area contributed by atoms with Crippen molar-refractivity contribution in [1.29, 1.82) is 0 Å². The van der Waals surface area contributed by atoms with Crippen LogP contribution in [-0.2, 0) is 13.6 Å². The Morgan fingerprint density at radius 3 is 3.00 bits per heavy atom. The minimum atomic E-state index is -0.297. The number of amides is 1. The number of carbonyl (C=O) groups excluding carboxylic acids is 1. The number of rotatable bonds is 4. The van der Waals surface area contributed by atoms with Crippen molar-refractivity contribution in [3.8, 4) is 5.88 Å². The molecule has 0 unspecified atom stereocenters. The number of aromatic nitrogens is 3. The molecule has 0 fully saturated rings. The van der Waals surface area contributed by atoms with Gasteiger partial charge in [-0.15, -0.1) is 0 Å². The predicted octanol–water partition coefficient (Wildman–Crippen LogP) is 0.655. The molecule has 2 rings (SSSR count). The molecule has 96 valence electrons. The van der Waals surface area contributed by atoms with Crippen molar-refractivity contribution >= 4 is 5.91 Å². The molecular weight excluding hydrogens is 236 g/mol. The zero-order chi connectivity index (χ0) is 13.1. The van der Waals surface area contributed by atoms with Crippen molar-refractivity contribution in [2.24, 2.45) is 7.05 Å². The molecule has 0 radical (unpaired) electrons. The fourth-order valence-corrected chi connectivity index (χ4v) is 1.73. The van der Waals surface area contributed by atoms with Crippen molar-refractivity contribution in [3.05, 3.63) is 29.3 Å². The fourth-order valence-electron chi connectivity index (χ4n) is 1.73. The van der Waals surface area contributed by atoms with Crippen LogP contribution in [0.25, 0.3) is 0 Å². The smallest absolute Gasteiger partial charge is 0.273 e. The Bertz CT molecular complexity index is 545. The summed E-state index contributed by atoms with van der Waals surface area (Å²) in [5.41, 5.74) is 1.90. The van der Waals surface area contributed by atoms with Crippen molar-refractivity contribution < 1.29 is 14.1 Å². The fraction of sp³-hybridized carbons (Fsp3) is 0.364. The van der Waals surface area contributed by atoms with E-state index in [1.165, 1.54) is 12.3 Å². The van der Waals surface area contributed by atoms with Gasteiger partial charge in [-0.1, -0.05) is 5.16 Å². The normalized spacial score (nSPS) is 10.4. The van der Waals surface area contributed by atoms with E-state index >= 15 is 0 Å². The van der Waals surface area contributed by atoms with E-state index in [1.807, 2.05) is 6.92 Å². The molecule has 2 heterocycles. The number of methoxy groups -OCH3 is 1. The van der Waals surface area contributed by atoms with E-state index in [2.05, 4.69) is 20.1 Å². The highest BCUT2D eigenvalue weighted by Gasteiger charge is 2.15. The average molecular weight is 250 g/mol. The van der Waals surface area contributed by atoms with Crippen molar-refractivity contribution in [2.75, 3.05) is 7.11 Å². The molecule has 0 bridgehead atoms. The van der Waals surface area contributed by atoms with Gasteiger partial charge in [0, 0.05) is 13.1 Å². The van der Waals surface area contributed by atoms with Crippen LogP contribution in [0, 0.1) is 6.92 Å². The maximum atomic E-state index is 11.7. The van der Waals surface area contributed by atoms with Gasteiger partial charge in [-0.3, -0.25) is 4.79 Å². The summed E-state index contributed by atoms with van der Waals surface area (Å²) >= 11 is 0. The Hall–Kier alpha value is -2.31. The highest BCUT2D eigenvalue weighted by Crippen LogP contribution is 2.20. The summed E-state index contributed by atoms with van der Waals surface area (Å²) < 4.78 is 11.5. The van der Waals surface area contributed by atoms with Crippen molar-refractivity contribution in [2.45, 2.75) is 13.5 Å². The highest BCUT2D eigenvalue weighted by molar-refractivity contribution is 5.91. The van der Waals surface area contributed by atoms with Gasteiger partial charge in [-0.2, -0.15) is 5.10 Å². The monoisotopic (exact) mass is 250 g/mol. The quantitative estimate of drug-likeness (QED) is 0.861. The van der Waals surface area contributed by atoms with Crippen LogP contribution in [0.2, 0.25) is 0 Å². The molecule has 2 aromatic rings. The summed E-state index contributed by atoms with van der Waals surface area (Å²) in [7, 11) is 3.36. The topological polar surface area (TPSA) is 82.2 Å². The molecule has 0 aliphatic heterocycles. The number of nitrogens with one attached hydrogen (secondary N) is 1. The molecule has 0 saturated carbocycles. The number of aryl methyl sites for hydroxylation is 2. The number of hydrogen-bond donors (Lipinski definition) is 1. The van der Waals surface area contributed by atoms with Crippen LogP contribution in [0.3, 0.4) is 0 Å². The molecule has 18 heavy (non-hydrogen) atoms. The highest BCUT2D eigenvalue weighted by atomic mass is 16.5. The number of hydrogen-bond acceptors (Lipinski definition) is 5. The molecule has 0 aliphatic carbocycles. The first kappa shape index (κ1) is 12.2. The standard InChI is InChI=1S/C11H14N4O3/c1-7-8(11(17-3)15(2)13-7)6-12-10(16)9-4-5-18-14-9/h4-5H,6H2,1-3H3,(H,12,16). The Morgan fingerprint density at radius 1 is 1.61 bits per heavy atom. The van der Waals surface area contributed by atoms with Crippen molar-refractivity contribution in [3.63, 3.8) is 0 Å². The summed E-state index contributed by atoms with van der Waals surface area (Å²) in [6.45, 7) is 2.19. The Labute approximate surface area is 104 Å². The summed E-state index contributed by atoms with van der Waals surface area (Å²) in [4.78, 5) is 11.7. The van der Waals surface area contributed by atoms with E-state index in [1.54, 1.807) is 18.8 Å². The molecule has 0 aromatic carbocycles. The maximum Gasteiger partial charge on any atom is 0.273 e. The molecule has 0 atom stereocenters. The summed E-state index contributed by atoms with van der Waals surface area (Å²) in [5.74, 6) is 0.335. The van der Waals surface area contributed by atoms with E-state index in [4.69, 9.17) is 4.74 Å².